The quantitative estimate of drug-likeness (QED) is 0.258. The van der Waals surface area contributed by atoms with Crippen LogP contribution in [0.2, 0.25) is 0 Å². The Hall–Kier alpha value is -3.21. The highest BCUT2D eigenvalue weighted by molar-refractivity contribution is 9.10. The summed E-state index contributed by atoms with van der Waals surface area (Å²) in [6.07, 6.45) is 1.73. The van der Waals surface area contributed by atoms with Crippen molar-refractivity contribution in [3.8, 4) is 11.5 Å². The Morgan fingerprint density at radius 3 is 2.61 bits per heavy atom. The fourth-order valence-corrected chi connectivity index (χ4v) is 5.33. The Kier molecular flexibility index (Phi) is 8.07. The molecule has 3 aromatic rings. The molecule has 6 nitrogen and oxygen atoms in total. The number of aryl methyl sites for hydroxylation is 1. The van der Waals surface area contributed by atoms with Crippen molar-refractivity contribution in [1.82, 2.24) is 0 Å². The van der Waals surface area contributed by atoms with Gasteiger partial charge in [-0.25, -0.2) is 4.39 Å². The maximum atomic E-state index is 13.1. The minimum atomic E-state index is -0.417. The molecule has 0 saturated carbocycles. The smallest absolute Gasteiger partial charge is 0.270 e. The molecule has 2 amide bonds. The summed E-state index contributed by atoms with van der Waals surface area (Å²) in [6.45, 7) is 1.64. The molecule has 3 aromatic carbocycles. The van der Waals surface area contributed by atoms with Crippen molar-refractivity contribution >= 4 is 73.5 Å². The molecule has 1 aliphatic rings. The van der Waals surface area contributed by atoms with E-state index in [1.807, 2.05) is 31.2 Å². The monoisotopic (exact) mass is 586 g/mol. The Morgan fingerprint density at radius 2 is 1.92 bits per heavy atom. The lowest BCUT2D eigenvalue weighted by molar-refractivity contribution is -0.118. The minimum Gasteiger partial charge on any atom is -0.493 e. The first-order valence-corrected chi connectivity index (χ1v) is 12.7. The summed E-state index contributed by atoms with van der Waals surface area (Å²) in [6, 6.07) is 16.5. The van der Waals surface area contributed by atoms with E-state index in [-0.39, 0.29) is 12.5 Å². The Balaban J connectivity index is 1.50. The first-order chi connectivity index (χ1) is 17.3. The lowest BCUT2D eigenvalue weighted by atomic mass is 10.1. The van der Waals surface area contributed by atoms with Gasteiger partial charge in [0, 0.05) is 5.69 Å². The molecule has 1 fully saturated rings. The van der Waals surface area contributed by atoms with E-state index < -0.39 is 11.7 Å². The SMILES string of the molecule is COc1cc(/C=C2\SC(=S)N(c3ccccc3C)C2=O)cc(Br)c1OCC(=O)Nc1ccc(F)cc1. The Bertz CT molecular complexity index is 1380. The van der Waals surface area contributed by atoms with Gasteiger partial charge in [-0.2, -0.15) is 0 Å². The van der Waals surface area contributed by atoms with E-state index in [1.54, 1.807) is 18.2 Å². The third-order valence-corrected chi connectivity index (χ3v) is 7.07. The molecule has 184 valence electrons. The number of carbonyl (C=O) groups excluding carboxylic acids is 2. The number of hydrogen-bond acceptors (Lipinski definition) is 6. The van der Waals surface area contributed by atoms with Crippen LogP contribution in [0.15, 0.2) is 70.0 Å². The highest BCUT2D eigenvalue weighted by Gasteiger charge is 2.34. The molecule has 0 unspecified atom stereocenters. The van der Waals surface area contributed by atoms with Crippen LogP contribution in [0.5, 0.6) is 11.5 Å². The number of methoxy groups -OCH3 is 1. The lowest BCUT2D eigenvalue weighted by Gasteiger charge is -2.16. The van der Waals surface area contributed by atoms with Gasteiger partial charge in [0.2, 0.25) is 0 Å². The highest BCUT2D eigenvalue weighted by Crippen LogP contribution is 2.40. The Labute approximate surface area is 225 Å². The maximum Gasteiger partial charge on any atom is 0.270 e. The van der Waals surface area contributed by atoms with Crippen molar-refractivity contribution in [3.63, 3.8) is 0 Å². The van der Waals surface area contributed by atoms with Crippen LogP contribution >= 0.6 is 39.9 Å². The number of anilines is 2. The number of para-hydroxylation sites is 1. The minimum absolute atomic E-state index is 0.202. The largest absolute Gasteiger partial charge is 0.493 e. The van der Waals surface area contributed by atoms with Gasteiger partial charge in [0.15, 0.2) is 22.4 Å². The average molecular weight is 587 g/mol. The summed E-state index contributed by atoms with van der Waals surface area (Å²) in [5.74, 6) is -0.307. The third-order valence-electron chi connectivity index (χ3n) is 5.18. The zero-order chi connectivity index (χ0) is 25.8. The van der Waals surface area contributed by atoms with Crippen LogP contribution in [-0.2, 0) is 9.59 Å². The van der Waals surface area contributed by atoms with Gasteiger partial charge in [0.05, 0.1) is 22.2 Å². The number of thioether (sulfide) groups is 1. The van der Waals surface area contributed by atoms with E-state index in [1.165, 1.54) is 48.0 Å². The number of halogens is 2. The van der Waals surface area contributed by atoms with Gasteiger partial charge in [0.1, 0.15) is 5.82 Å². The van der Waals surface area contributed by atoms with E-state index in [0.29, 0.717) is 36.4 Å². The van der Waals surface area contributed by atoms with Crippen molar-refractivity contribution in [2.45, 2.75) is 6.92 Å². The van der Waals surface area contributed by atoms with Crippen molar-refractivity contribution < 1.29 is 23.5 Å². The number of rotatable bonds is 7. The molecule has 36 heavy (non-hydrogen) atoms. The number of ether oxygens (including phenoxy) is 2. The van der Waals surface area contributed by atoms with E-state index in [9.17, 15) is 14.0 Å². The standard InChI is InChI=1S/C26H20BrFN2O4S2/c1-15-5-3-4-6-20(15)30-25(32)22(36-26(30)35)13-16-11-19(27)24(21(12-16)33-2)34-14-23(31)29-18-9-7-17(28)8-10-18/h3-13H,14H2,1-2H3,(H,29,31)/b22-13-. The van der Waals surface area contributed by atoms with Crippen LogP contribution in [0.3, 0.4) is 0 Å². The molecule has 1 heterocycles. The van der Waals surface area contributed by atoms with E-state index >= 15 is 0 Å². The molecule has 0 spiro atoms. The fraction of sp³-hybridized carbons (Fsp3) is 0.115. The first kappa shape index (κ1) is 25.9. The second-order valence-corrected chi connectivity index (χ2v) is 10.2. The topological polar surface area (TPSA) is 67.9 Å². The second kappa shape index (κ2) is 11.2. The van der Waals surface area contributed by atoms with E-state index in [4.69, 9.17) is 21.7 Å². The number of hydrogen-bond donors (Lipinski definition) is 1. The maximum absolute atomic E-state index is 13.1. The van der Waals surface area contributed by atoms with Gasteiger partial charge < -0.3 is 14.8 Å². The molecule has 1 N–H and O–H groups in total. The van der Waals surface area contributed by atoms with Crippen LogP contribution in [0.25, 0.3) is 6.08 Å². The number of benzene rings is 3. The summed E-state index contributed by atoms with van der Waals surface area (Å²) < 4.78 is 25.2. The predicted molar refractivity (Wildman–Crippen MR) is 148 cm³/mol. The molecule has 1 saturated heterocycles. The second-order valence-electron chi connectivity index (χ2n) is 7.68. The van der Waals surface area contributed by atoms with Gasteiger partial charge in [-0.05, 0) is 82.5 Å². The summed E-state index contributed by atoms with van der Waals surface area (Å²) >= 11 is 10.2. The van der Waals surface area contributed by atoms with Crippen molar-refractivity contribution in [1.29, 1.82) is 0 Å². The lowest BCUT2D eigenvalue weighted by Crippen LogP contribution is -2.28. The number of nitrogens with one attached hydrogen (secondary N) is 1. The normalized spacial score (nSPS) is 14.3. The van der Waals surface area contributed by atoms with Crippen LogP contribution in [0.4, 0.5) is 15.8 Å². The van der Waals surface area contributed by atoms with Crippen LogP contribution < -0.4 is 19.7 Å². The van der Waals surface area contributed by atoms with Crippen LogP contribution in [-0.4, -0.2) is 29.9 Å². The molecule has 0 aromatic heterocycles. The number of nitrogens with zero attached hydrogens (tertiary/aromatic N) is 1. The van der Waals surface area contributed by atoms with Crippen LogP contribution in [0, 0.1) is 12.7 Å². The van der Waals surface area contributed by atoms with E-state index in [0.717, 1.165) is 11.3 Å². The van der Waals surface area contributed by atoms with Crippen molar-refractivity contribution in [3.05, 3.63) is 87.0 Å². The van der Waals surface area contributed by atoms with Crippen molar-refractivity contribution in [2.24, 2.45) is 0 Å². The third kappa shape index (κ3) is 5.77. The zero-order valence-electron chi connectivity index (χ0n) is 19.2. The predicted octanol–water partition coefficient (Wildman–Crippen LogP) is 6.33. The van der Waals surface area contributed by atoms with E-state index in [2.05, 4.69) is 21.2 Å². The molecule has 10 heteroatoms. The molecule has 0 atom stereocenters. The van der Waals surface area contributed by atoms with Gasteiger partial charge in [0.25, 0.3) is 11.8 Å². The molecular weight excluding hydrogens is 567 g/mol. The summed E-state index contributed by atoms with van der Waals surface area (Å²) in [5, 5.41) is 2.63. The molecule has 4 rings (SSSR count). The molecule has 0 bridgehead atoms. The van der Waals surface area contributed by atoms with Gasteiger partial charge in [-0.3, -0.25) is 14.5 Å². The summed E-state index contributed by atoms with van der Waals surface area (Å²) in [5.41, 5.74) is 2.84. The summed E-state index contributed by atoms with van der Waals surface area (Å²) in [4.78, 5) is 27.4. The highest BCUT2D eigenvalue weighted by atomic mass is 79.9. The van der Waals surface area contributed by atoms with Crippen LogP contribution in [0.1, 0.15) is 11.1 Å². The Morgan fingerprint density at radius 1 is 1.19 bits per heavy atom. The van der Waals surface area contributed by atoms with Gasteiger partial charge >= 0.3 is 0 Å². The fourth-order valence-electron chi connectivity index (χ4n) is 3.47. The summed E-state index contributed by atoms with van der Waals surface area (Å²) in [7, 11) is 1.48. The number of carbonyl (C=O) groups is 2. The van der Waals surface area contributed by atoms with Gasteiger partial charge in [-0.15, -0.1) is 0 Å². The average Bonchev–Trinajstić information content (AvgIpc) is 3.12. The van der Waals surface area contributed by atoms with Gasteiger partial charge in [-0.1, -0.05) is 42.2 Å². The molecular formula is C26H20BrFN2O4S2. The molecule has 0 aliphatic carbocycles. The van der Waals surface area contributed by atoms with Crippen molar-refractivity contribution in [2.75, 3.05) is 23.9 Å². The number of thiocarbonyl (C=S) groups is 1. The zero-order valence-corrected chi connectivity index (χ0v) is 22.4. The molecule has 0 radical (unpaired) electrons. The number of amides is 2. The first-order valence-electron chi connectivity index (χ1n) is 10.7. The molecule has 1 aliphatic heterocycles.